The molecule has 9 heteroatoms. The van der Waals surface area contributed by atoms with Gasteiger partial charge in [-0.15, -0.1) is 0 Å². The average Bonchev–Trinajstić information content (AvgIpc) is 3.53. The van der Waals surface area contributed by atoms with Gasteiger partial charge in [-0.1, -0.05) is 35.6 Å². The first kappa shape index (κ1) is 25.0. The van der Waals surface area contributed by atoms with Gasteiger partial charge in [0, 0.05) is 62.7 Å². The fourth-order valence-electron chi connectivity index (χ4n) is 5.44. The lowest BCUT2D eigenvalue weighted by atomic mass is 10.1. The summed E-state index contributed by atoms with van der Waals surface area (Å²) in [6.07, 6.45) is 3.83. The number of aromatic nitrogens is 3. The second-order valence-electron chi connectivity index (χ2n) is 10.4. The van der Waals surface area contributed by atoms with Crippen LogP contribution in [0, 0.1) is 0 Å². The largest absolute Gasteiger partial charge is 0.457 e. The number of pyridine rings is 2. The molecule has 2 atom stereocenters. The number of thiazole rings is 1. The maximum absolute atomic E-state index is 10.6. The zero-order valence-electron chi connectivity index (χ0n) is 22.2. The molecule has 1 aliphatic heterocycles. The lowest BCUT2D eigenvalue weighted by Crippen LogP contribution is -2.44. The van der Waals surface area contributed by atoms with Crippen LogP contribution >= 0.6 is 11.3 Å². The SMILES string of the molecule is CN1CCN(c2ccc(-c3cc(Oc4ccc5nc(N[C@@H]6c7ccccc7C[C@@H]6O)sc5c4)ccn3)cn2)CC1. The van der Waals surface area contributed by atoms with E-state index in [1.54, 1.807) is 17.5 Å². The molecule has 0 spiro atoms. The third kappa shape index (κ3) is 4.99. The lowest BCUT2D eigenvalue weighted by molar-refractivity contribution is 0.166. The zero-order valence-corrected chi connectivity index (χ0v) is 23.0. The molecule has 0 bridgehead atoms. The molecule has 3 aromatic heterocycles. The molecule has 0 radical (unpaired) electrons. The molecule has 0 saturated carbocycles. The summed E-state index contributed by atoms with van der Waals surface area (Å²) in [5, 5.41) is 14.9. The Kier molecular flexibility index (Phi) is 6.55. The van der Waals surface area contributed by atoms with E-state index in [-0.39, 0.29) is 6.04 Å². The fraction of sp³-hybridized carbons (Fsp3) is 0.258. The van der Waals surface area contributed by atoms with E-state index >= 15 is 0 Å². The van der Waals surface area contributed by atoms with Gasteiger partial charge in [0.15, 0.2) is 5.13 Å². The topological polar surface area (TPSA) is 86.6 Å². The first-order chi connectivity index (χ1) is 19.6. The maximum Gasteiger partial charge on any atom is 0.184 e. The summed E-state index contributed by atoms with van der Waals surface area (Å²) in [7, 11) is 2.15. The molecule has 2 aromatic carbocycles. The van der Waals surface area contributed by atoms with Gasteiger partial charge in [-0.05, 0) is 48.5 Å². The Labute approximate surface area is 236 Å². The Morgan fingerprint density at radius 1 is 0.950 bits per heavy atom. The van der Waals surface area contributed by atoms with Crippen molar-refractivity contribution in [2.75, 3.05) is 43.4 Å². The summed E-state index contributed by atoms with van der Waals surface area (Å²) in [6, 6.07) is 21.9. The van der Waals surface area contributed by atoms with Gasteiger partial charge in [0.05, 0.1) is 28.1 Å². The summed E-state index contributed by atoms with van der Waals surface area (Å²) in [6.45, 7) is 4.08. The summed E-state index contributed by atoms with van der Waals surface area (Å²) >= 11 is 1.56. The second-order valence-corrected chi connectivity index (χ2v) is 11.4. The molecule has 1 saturated heterocycles. The number of hydrogen-bond acceptors (Lipinski definition) is 9. The molecule has 2 N–H and O–H groups in total. The highest BCUT2D eigenvalue weighted by atomic mass is 32.1. The molecule has 1 aliphatic carbocycles. The van der Waals surface area contributed by atoms with Crippen LogP contribution in [0.2, 0.25) is 0 Å². The Morgan fingerprint density at radius 2 is 1.80 bits per heavy atom. The first-order valence-corrected chi connectivity index (χ1v) is 14.4. The van der Waals surface area contributed by atoms with Crippen molar-refractivity contribution in [2.45, 2.75) is 18.6 Å². The number of rotatable bonds is 6. The molecular formula is C31H30N6O2S. The molecule has 2 aliphatic rings. The highest BCUT2D eigenvalue weighted by Crippen LogP contribution is 2.37. The molecule has 0 unspecified atom stereocenters. The highest BCUT2D eigenvalue weighted by Gasteiger charge is 2.31. The number of fused-ring (bicyclic) bond motifs is 2. The number of piperazine rings is 1. The number of likely N-dealkylation sites (N-methyl/N-ethyl adjacent to an activating group) is 1. The van der Waals surface area contributed by atoms with Crippen molar-refractivity contribution in [3.63, 3.8) is 0 Å². The molecular weight excluding hydrogens is 520 g/mol. The molecule has 1 fully saturated rings. The smallest absolute Gasteiger partial charge is 0.184 e. The zero-order chi connectivity index (χ0) is 27.1. The van der Waals surface area contributed by atoms with Crippen molar-refractivity contribution in [1.29, 1.82) is 0 Å². The molecule has 40 heavy (non-hydrogen) atoms. The van der Waals surface area contributed by atoms with Crippen LogP contribution in [0.15, 0.2) is 79.1 Å². The normalized spacial score (nSPS) is 19.1. The van der Waals surface area contributed by atoms with Crippen LogP contribution in [0.3, 0.4) is 0 Å². The number of aliphatic hydroxyl groups is 1. The maximum atomic E-state index is 10.6. The molecule has 4 heterocycles. The van der Waals surface area contributed by atoms with E-state index in [9.17, 15) is 5.11 Å². The van der Waals surface area contributed by atoms with Crippen molar-refractivity contribution < 1.29 is 9.84 Å². The predicted octanol–water partition coefficient (Wildman–Crippen LogP) is 5.37. The summed E-state index contributed by atoms with van der Waals surface area (Å²) < 4.78 is 7.24. The van der Waals surface area contributed by atoms with E-state index in [4.69, 9.17) is 14.7 Å². The molecule has 202 valence electrons. The number of nitrogens with one attached hydrogen (secondary N) is 1. The summed E-state index contributed by atoms with van der Waals surface area (Å²) in [5.41, 5.74) is 4.98. The van der Waals surface area contributed by atoms with E-state index in [0.717, 1.165) is 69.9 Å². The van der Waals surface area contributed by atoms with Crippen molar-refractivity contribution in [1.82, 2.24) is 19.9 Å². The Morgan fingerprint density at radius 3 is 2.65 bits per heavy atom. The van der Waals surface area contributed by atoms with Crippen molar-refractivity contribution >= 4 is 32.5 Å². The number of ether oxygens (including phenoxy) is 1. The molecule has 0 amide bonds. The van der Waals surface area contributed by atoms with Gasteiger partial charge in [-0.25, -0.2) is 9.97 Å². The van der Waals surface area contributed by atoms with E-state index in [1.165, 1.54) is 5.56 Å². The fourth-order valence-corrected chi connectivity index (χ4v) is 6.37. The van der Waals surface area contributed by atoms with E-state index in [1.807, 2.05) is 48.7 Å². The van der Waals surface area contributed by atoms with Crippen molar-refractivity contribution in [3.05, 3.63) is 90.3 Å². The van der Waals surface area contributed by atoms with Crippen LogP contribution in [0.25, 0.3) is 21.5 Å². The lowest BCUT2D eigenvalue weighted by Gasteiger charge is -2.33. The van der Waals surface area contributed by atoms with Crippen LogP contribution in [0.1, 0.15) is 17.2 Å². The number of aliphatic hydroxyl groups excluding tert-OH is 1. The third-order valence-corrected chi connectivity index (χ3v) is 8.63. The van der Waals surface area contributed by atoms with Gasteiger partial charge in [-0.3, -0.25) is 4.98 Å². The minimum Gasteiger partial charge on any atom is -0.457 e. The van der Waals surface area contributed by atoms with E-state index in [0.29, 0.717) is 12.2 Å². The van der Waals surface area contributed by atoms with Gasteiger partial charge < -0.3 is 25.0 Å². The van der Waals surface area contributed by atoms with Crippen LogP contribution in [0.4, 0.5) is 10.9 Å². The van der Waals surface area contributed by atoms with Gasteiger partial charge in [-0.2, -0.15) is 0 Å². The second kappa shape index (κ2) is 10.5. The van der Waals surface area contributed by atoms with Gasteiger partial charge in [0.2, 0.25) is 0 Å². The summed E-state index contributed by atoms with van der Waals surface area (Å²) in [4.78, 5) is 18.7. The van der Waals surface area contributed by atoms with Crippen LogP contribution in [-0.2, 0) is 6.42 Å². The Balaban J connectivity index is 1.06. The Hall–Kier alpha value is -4.05. The standard InChI is InChI=1S/C31H30N6O2S/c1-36-12-14-37(15-13-36)29-9-6-21(19-33-29)26-17-23(10-11-32-26)39-22-7-8-25-28(18-22)40-31(34-25)35-30-24-5-3-2-4-20(24)16-27(30)38/h2-11,17-19,27,30,38H,12-16H2,1H3,(H,34,35)/t27-,30+/m0/s1. The minimum absolute atomic E-state index is 0.159. The number of anilines is 2. The minimum atomic E-state index is -0.470. The van der Waals surface area contributed by atoms with Gasteiger partial charge in [0.1, 0.15) is 17.3 Å². The predicted molar refractivity (Wildman–Crippen MR) is 159 cm³/mol. The quantitative estimate of drug-likeness (QED) is 0.292. The third-order valence-electron chi connectivity index (χ3n) is 7.68. The number of benzene rings is 2. The van der Waals surface area contributed by atoms with Gasteiger partial charge >= 0.3 is 0 Å². The van der Waals surface area contributed by atoms with E-state index in [2.05, 4.69) is 51.4 Å². The Bertz CT molecular complexity index is 1650. The van der Waals surface area contributed by atoms with Crippen LogP contribution < -0.4 is 15.0 Å². The summed E-state index contributed by atoms with van der Waals surface area (Å²) in [5.74, 6) is 2.44. The van der Waals surface area contributed by atoms with Crippen molar-refractivity contribution in [3.8, 4) is 22.8 Å². The van der Waals surface area contributed by atoms with Gasteiger partial charge in [0.25, 0.3) is 0 Å². The van der Waals surface area contributed by atoms with Crippen LogP contribution in [-0.4, -0.2) is 64.3 Å². The number of nitrogens with zero attached hydrogens (tertiary/aromatic N) is 5. The first-order valence-electron chi connectivity index (χ1n) is 13.6. The number of hydrogen-bond donors (Lipinski definition) is 2. The highest BCUT2D eigenvalue weighted by molar-refractivity contribution is 7.22. The van der Waals surface area contributed by atoms with Crippen molar-refractivity contribution in [2.24, 2.45) is 0 Å². The molecule has 8 nitrogen and oxygen atoms in total. The monoisotopic (exact) mass is 550 g/mol. The van der Waals surface area contributed by atoms with Crippen LogP contribution in [0.5, 0.6) is 11.5 Å². The van der Waals surface area contributed by atoms with E-state index < -0.39 is 6.10 Å². The average molecular weight is 551 g/mol. The molecule has 7 rings (SSSR count). The molecule has 5 aromatic rings.